The van der Waals surface area contributed by atoms with Gasteiger partial charge in [0.15, 0.2) is 0 Å². The molecule has 3 aromatic carbocycles. The highest BCUT2D eigenvalue weighted by Gasteiger charge is 2.47. The van der Waals surface area contributed by atoms with Crippen molar-refractivity contribution in [2.45, 2.75) is 24.9 Å². The van der Waals surface area contributed by atoms with Gasteiger partial charge >= 0.3 is 5.97 Å². The van der Waals surface area contributed by atoms with E-state index in [1.54, 1.807) is 48.5 Å². The first-order chi connectivity index (χ1) is 17.1. The smallest absolute Gasteiger partial charge is 0.328 e. The lowest BCUT2D eigenvalue weighted by atomic mass is 9.84. The molecule has 0 aromatic heterocycles. The predicted molar refractivity (Wildman–Crippen MR) is 144 cm³/mol. The van der Waals surface area contributed by atoms with Crippen molar-refractivity contribution < 1.29 is 19.1 Å². The number of ether oxygens (including phenoxy) is 1. The second-order valence-corrected chi connectivity index (χ2v) is 10.2. The Balaban J connectivity index is 1.81. The van der Waals surface area contributed by atoms with E-state index in [1.807, 2.05) is 12.1 Å². The first-order valence-corrected chi connectivity index (χ1v) is 12.5. The molecule has 0 aliphatic carbocycles. The number of nitrogens with one attached hydrogen (secondary N) is 3. The van der Waals surface area contributed by atoms with Crippen molar-refractivity contribution in [3.63, 3.8) is 0 Å². The maximum Gasteiger partial charge on any atom is 0.328 e. The highest BCUT2D eigenvalue weighted by Crippen LogP contribution is 2.43. The Kier molecular flexibility index (Phi) is 7.59. The van der Waals surface area contributed by atoms with Crippen LogP contribution >= 0.6 is 39.1 Å². The first-order valence-electron chi connectivity index (χ1n) is 11.0. The van der Waals surface area contributed by atoms with Crippen molar-refractivity contribution in [3.8, 4) is 0 Å². The fourth-order valence-electron chi connectivity index (χ4n) is 4.20. The molecule has 1 aliphatic rings. The fourth-order valence-corrected chi connectivity index (χ4v) is 4.94. The van der Waals surface area contributed by atoms with Crippen molar-refractivity contribution in [1.29, 1.82) is 0 Å². The van der Waals surface area contributed by atoms with Crippen molar-refractivity contribution >= 4 is 68.3 Å². The summed E-state index contributed by atoms with van der Waals surface area (Å²) in [6, 6.07) is 16.6. The van der Waals surface area contributed by atoms with Crippen molar-refractivity contribution in [2.75, 3.05) is 17.7 Å². The third-order valence-electron chi connectivity index (χ3n) is 5.91. The number of amides is 2. The maximum absolute atomic E-state index is 13.6. The molecule has 0 fully saturated rings. The van der Waals surface area contributed by atoms with Crippen LogP contribution in [0, 0.1) is 0 Å². The standard InChI is InChI=1S/C26H22BrCl2N3O4/c1-14(24(34)36-2)30-23(33)19-8-6-16(27)11-21(19)32-26(13-15-4-3-5-17(28)10-15)20-9-7-18(29)12-22(20)31-25(26)35/h3-12,14,32H,13H2,1-2H3,(H,30,33)(H,31,35). The van der Waals surface area contributed by atoms with Crippen LogP contribution in [0.2, 0.25) is 10.0 Å². The number of methoxy groups -OCH3 is 1. The molecule has 0 saturated heterocycles. The number of hydrogen-bond acceptors (Lipinski definition) is 5. The molecule has 1 aliphatic heterocycles. The minimum atomic E-state index is -1.28. The Hall–Kier alpha value is -3.07. The normalized spacial score (nSPS) is 17.1. The quantitative estimate of drug-likeness (QED) is 0.314. The third-order valence-corrected chi connectivity index (χ3v) is 6.88. The number of benzene rings is 3. The average molecular weight is 591 g/mol. The maximum atomic E-state index is 13.6. The molecule has 1 heterocycles. The van der Waals surface area contributed by atoms with Gasteiger partial charge in [0.1, 0.15) is 11.6 Å². The van der Waals surface area contributed by atoms with Gasteiger partial charge in [-0.15, -0.1) is 0 Å². The molecule has 0 radical (unpaired) electrons. The lowest BCUT2D eigenvalue weighted by Crippen LogP contribution is -2.45. The molecular formula is C26H22BrCl2N3O4. The topological polar surface area (TPSA) is 96.5 Å². The zero-order valence-corrected chi connectivity index (χ0v) is 22.4. The van der Waals surface area contributed by atoms with Crippen molar-refractivity contribution in [3.05, 3.63) is 91.9 Å². The van der Waals surface area contributed by atoms with E-state index in [2.05, 4.69) is 31.9 Å². The Morgan fingerprint density at radius 1 is 1.08 bits per heavy atom. The molecule has 0 spiro atoms. The van der Waals surface area contributed by atoms with E-state index in [0.29, 0.717) is 31.5 Å². The summed E-state index contributed by atoms with van der Waals surface area (Å²) in [6.07, 6.45) is 0.236. The summed E-state index contributed by atoms with van der Waals surface area (Å²) < 4.78 is 5.40. The number of carbonyl (C=O) groups excluding carboxylic acids is 3. The number of anilines is 2. The SMILES string of the molecule is COC(=O)C(C)NC(=O)c1ccc(Br)cc1NC1(Cc2cccc(Cl)c2)C(=O)Nc2cc(Cl)ccc21. The molecular weight excluding hydrogens is 569 g/mol. The number of hydrogen-bond donors (Lipinski definition) is 3. The van der Waals surface area contributed by atoms with Gasteiger partial charge in [-0.25, -0.2) is 4.79 Å². The Morgan fingerprint density at radius 3 is 2.56 bits per heavy atom. The summed E-state index contributed by atoms with van der Waals surface area (Å²) in [4.78, 5) is 38.6. The summed E-state index contributed by atoms with van der Waals surface area (Å²) in [5.41, 5.74) is 1.41. The summed E-state index contributed by atoms with van der Waals surface area (Å²) in [5.74, 6) is -1.39. The number of carbonyl (C=O) groups is 3. The number of fused-ring (bicyclic) bond motifs is 1. The molecule has 3 aromatic rings. The minimum absolute atomic E-state index is 0.236. The van der Waals surface area contributed by atoms with Crippen molar-refractivity contribution in [1.82, 2.24) is 5.32 Å². The summed E-state index contributed by atoms with van der Waals surface area (Å²) >= 11 is 15.9. The highest BCUT2D eigenvalue weighted by molar-refractivity contribution is 9.10. The van der Waals surface area contributed by atoms with Gasteiger partial charge in [0.2, 0.25) is 0 Å². The fraction of sp³-hybridized carbons (Fsp3) is 0.192. The van der Waals surface area contributed by atoms with E-state index in [-0.39, 0.29) is 17.9 Å². The van der Waals surface area contributed by atoms with Gasteiger partial charge in [-0.3, -0.25) is 9.59 Å². The second-order valence-electron chi connectivity index (χ2n) is 8.39. The van der Waals surface area contributed by atoms with Crippen LogP contribution in [-0.2, 0) is 26.3 Å². The average Bonchev–Trinajstić information content (AvgIpc) is 3.08. The molecule has 2 amide bonds. The lowest BCUT2D eigenvalue weighted by Gasteiger charge is -2.31. The van der Waals surface area contributed by atoms with Crippen LogP contribution < -0.4 is 16.0 Å². The van der Waals surface area contributed by atoms with Crippen LogP contribution in [0.4, 0.5) is 11.4 Å². The Labute approximate surface area is 226 Å². The number of esters is 1. The molecule has 36 heavy (non-hydrogen) atoms. The van der Waals surface area contributed by atoms with E-state index in [4.69, 9.17) is 27.9 Å². The third kappa shape index (κ3) is 5.21. The molecule has 2 unspecified atom stereocenters. The van der Waals surface area contributed by atoms with E-state index < -0.39 is 23.5 Å². The van der Waals surface area contributed by atoms with Crippen LogP contribution in [0.1, 0.15) is 28.4 Å². The molecule has 0 saturated carbocycles. The zero-order valence-electron chi connectivity index (χ0n) is 19.3. The molecule has 7 nitrogen and oxygen atoms in total. The molecule has 3 N–H and O–H groups in total. The Morgan fingerprint density at radius 2 is 1.83 bits per heavy atom. The van der Waals surface area contributed by atoms with E-state index in [0.717, 1.165) is 5.56 Å². The first kappa shape index (κ1) is 26.0. The minimum Gasteiger partial charge on any atom is -0.467 e. The van der Waals surface area contributed by atoms with Gasteiger partial charge in [0, 0.05) is 37.9 Å². The van der Waals surface area contributed by atoms with Gasteiger partial charge < -0.3 is 20.7 Å². The van der Waals surface area contributed by atoms with Crippen LogP contribution in [0.15, 0.2) is 65.1 Å². The monoisotopic (exact) mass is 589 g/mol. The predicted octanol–water partition coefficient (Wildman–Crippen LogP) is 5.55. The van der Waals surface area contributed by atoms with Gasteiger partial charge in [-0.05, 0) is 55.0 Å². The molecule has 4 rings (SSSR count). The summed E-state index contributed by atoms with van der Waals surface area (Å²) in [6.45, 7) is 1.53. The molecule has 186 valence electrons. The van der Waals surface area contributed by atoms with Crippen LogP contribution in [0.25, 0.3) is 0 Å². The number of halogens is 3. The Bertz CT molecular complexity index is 1370. The van der Waals surface area contributed by atoms with Gasteiger partial charge in [-0.1, -0.05) is 57.3 Å². The van der Waals surface area contributed by atoms with E-state index >= 15 is 0 Å². The molecule has 0 bridgehead atoms. The summed E-state index contributed by atoms with van der Waals surface area (Å²) in [7, 11) is 1.25. The van der Waals surface area contributed by atoms with Crippen LogP contribution in [-0.4, -0.2) is 30.9 Å². The number of rotatable bonds is 7. The van der Waals surface area contributed by atoms with Gasteiger partial charge in [0.25, 0.3) is 11.8 Å². The zero-order chi connectivity index (χ0) is 26.0. The van der Waals surface area contributed by atoms with Gasteiger partial charge in [-0.2, -0.15) is 0 Å². The van der Waals surface area contributed by atoms with E-state index in [1.165, 1.54) is 14.0 Å². The van der Waals surface area contributed by atoms with Crippen LogP contribution in [0.5, 0.6) is 0 Å². The largest absolute Gasteiger partial charge is 0.467 e. The highest BCUT2D eigenvalue weighted by atomic mass is 79.9. The van der Waals surface area contributed by atoms with Crippen LogP contribution in [0.3, 0.4) is 0 Å². The van der Waals surface area contributed by atoms with E-state index in [9.17, 15) is 14.4 Å². The molecule has 2 atom stereocenters. The lowest BCUT2D eigenvalue weighted by molar-refractivity contribution is -0.142. The summed E-state index contributed by atoms with van der Waals surface area (Å²) in [5, 5.41) is 9.91. The van der Waals surface area contributed by atoms with Crippen molar-refractivity contribution in [2.24, 2.45) is 0 Å². The van der Waals surface area contributed by atoms with Gasteiger partial charge in [0.05, 0.1) is 12.7 Å². The second kappa shape index (κ2) is 10.5. The molecule has 10 heteroatoms.